The molecular formula is C22H23N5O2. The highest BCUT2D eigenvalue weighted by Crippen LogP contribution is 2.30. The molecule has 148 valence electrons. The van der Waals surface area contributed by atoms with E-state index in [9.17, 15) is 4.79 Å². The van der Waals surface area contributed by atoms with Gasteiger partial charge in [0.2, 0.25) is 5.91 Å². The van der Waals surface area contributed by atoms with Crippen molar-refractivity contribution >= 4 is 17.4 Å². The first kappa shape index (κ1) is 18.7. The number of hydrogen-bond donors (Lipinski definition) is 2. The summed E-state index contributed by atoms with van der Waals surface area (Å²) in [5.74, 6) is 2.40. The molecule has 0 saturated heterocycles. The van der Waals surface area contributed by atoms with Crippen LogP contribution in [0.5, 0.6) is 0 Å². The van der Waals surface area contributed by atoms with Crippen LogP contribution in [-0.2, 0) is 11.3 Å². The molecule has 0 spiro atoms. The Hall–Kier alpha value is -3.61. The molecule has 0 saturated carbocycles. The maximum Gasteiger partial charge on any atom is 0.222 e. The molecule has 0 unspecified atom stereocenters. The molecule has 3 heterocycles. The summed E-state index contributed by atoms with van der Waals surface area (Å²) in [5.41, 5.74) is 3.79. The van der Waals surface area contributed by atoms with E-state index in [0.717, 1.165) is 39.8 Å². The van der Waals surface area contributed by atoms with Gasteiger partial charge in [0, 0.05) is 30.9 Å². The predicted molar refractivity (Wildman–Crippen MR) is 112 cm³/mol. The molecule has 0 radical (unpaired) electrons. The van der Waals surface area contributed by atoms with Crippen molar-refractivity contribution < 1.29 is 9.21 Å². The van der Waals surface area contributed by atoms with E-state index >= 15 is 0 Å². The largest absolute Gasteiger partial charge is 0.465 e. The van der Waals surface area contributed by atoms with E-state index in [1.165, 1.54) is 0 Å². The Morgan fingerprint density at radius 1 is 1.17 bits per heavy atom. The molecule has 0 aliphatic rings. The van der Waals surface area contributed by atoms with Gasteiger partial charge in [-0.05, 0) is 31.5 Å². The Labute approximate surface area is 168 Å². The number of nitrogens with one attached hydrogen (secondary N) is 2. The second kappa shape index (κ2) is 8.18. The second-order valence-corrected chi connectivity index (χ2v) is 6.89. The SMILES string of the molecule is Cc1ccc(CNC(=O)CCNc2c(-c3ccccc3C)nc3cnccn23)o1. The van der Waals surface area contributed by atoms with Crippen molar-refractivity contribution in [3.63, 3.8) is 0 Å². The number of nitrogens with zero attached hydrogens (tertiary/aromatic N) is 3. The summed E-state index contributed by atoms with van der Waals surface area (Å²) in [5, 5.41) is 6.26. The number of rotatable bonds is 7. The number of carbonyl (C=O) groups is 1. The van der Waals surface area contributed by atoms with Crippen molar-refractivity contribution in [2.75, 3.05) is 11.9 Å². The highest BCUT2D eigenvalue weighted by atomic mass is 16.3. The van der Waals surface area contributed by atoms with E-state index in [0.29, 0.717) is 19.5 Å². The highest BCUT2D eigenvalue weighted by Gasteiger charge is 2.15. The van der Waals surface area contributed by atoms with Crippen LogP contribution in [0, 0.1) is 13.8 Å². The van der Waals surface area contributed by atoms with Gasteiger partial charge in [0.25, 0.3) is 0 Å². The molecule has 1 aromatic carbocycles. The highest BCUT2D eigenvalue weighted by molar-refractivity contribution is 5.79. The van der Waals surface area contributed by atoms with Crippen LogP contribution in [0.2, 0.25) is 0 Å². The zero-order valence-corrected chi connectivity index (χ0v) is 16.5. The summed E-state index contributed by atoms with van der Waals surface area (Å²) in [6, 6.07) is 11.9. The molecule has 0 aliphatic heterocycles. The van der Waals surface area contributed by atoms with Crippen LogP contribution in [0.15, 0.2) is 59.4 Å². The summed E-state index contributed by atoms with van der Waals surface area (Å²) in [6.07, 6.45) is 5.65. The van der Waals surface area contributed by atoms with Gasteiger partial charge in [0.1, 0.15) is 23.0 Å². The Balaban J connectivity index is 1.46. The number of fused-ring (bicyclic) bond motifs is 1. The van der Waals surface area contributed by atoms with Gasteiger partial charge in [-0.25, -0.2) is 4.98 Å². The molecular weight excluding hydrogens is 366 g/mol. The summed E-state index contributed by atoms with van der Waals surface area (Å²) < 4.78 is 7.43. The molecule has 29 heavy (non-hydrogen) atoms. The standard InChI is InChI=1S/C22H23N5O2/c1-15-5-3-4-6-18(15)21-22(27-12-11-23-14-19(27)26-21)24-10-9-20(28)25-13-17-8-7-16(2)29-17/h3-8,11-12,14,24H,9-10,13H2,1-2H3,(H,25,28). The number of furan rings is 1. The normalized spacial score (nSPS) is 11.0. The van der Waals surface area contributed by atoms with Gasteiger partial charge in [-0.3, -0.25) is 14.2 Å². The Bertz CT molecular complexity index is 1150. The quantitative estimate of drug-likeness (QED) is 0.503. The molecule has 0 fully saturated rings. The fourth-order valence-electron chi connectivity index (χ4n) is 3.25. The average molecular weight is 389 g/mol. The maximum absolute atomic E-state index is 12.2. The lowest BCUT2D eigenvalue weighted by Gasteiger charge is -2.10. The van der Waals surface area contributed by atoms with E-state index in [1.54, 1.807) is 12.4 Å². The summed E-state index contributed by atoms with van der Waals surface area (Å²) >= 11 is 0. The van der Waals surface area contributed by atoms with Crippen LogP contribution in [0.4, 0.5) is 5.82 Å². The number of imidazole rings is 1. The van der Waals surface area contributed by atoms with Crippen molar-refractivity contribution in [1.82, 2.24) is 19.7 Å². The van der Waals surface area contributed by atoms with Gasteiger partial charge in [-0.2, -0.15) is 0 Å². The fourth-order valence-corrected chi connectivity index (χ4v) is 3.25. The van der Waals surface area contributed by atoms with Gasteiger partial charge in [-0.15, -0.1) is 0 Å². The number of benzene rings is 1. The molecule has 0 bridgehead atoms. The van der Waals surface area contributed by atoms with E-state index in [1.807, 2.05) is 47.9 Å². The monoisotopic (exact) mass is 389 g/mol. The van der Waals surface area contributed by atoms with Crippen LogP contribution in [0.1, 0.15) is 23.5 Å². The number of amides is 1. The van der Waals surface area contributed by atoms with Crippen LogP contribution in [-0.4, -0.2) is 26.8 Å². The number of aromatic nitrogens is 3. The topological polar surface area (TPSA) is 84.5 Å². The molecule has 4 rings (SSSR count). The fraction of sp³-hybridized carbons (Fsp3) is 0.227. The third-order valence-electron chi connectivity index (χ3n) is 4.73. The van der Waals surface area contributed by atoms with Gasteiger partial charge in [0.15, 0.2) is 5.65 Å². The van der Waals surface area contributed by atoms with Crippen molar-refractivity contribution in [2.24, 2.45) is 0 Å². The van der Waals surface area contributed by atoms with E-state index in [4.69, 9.17) is 9.40 Å². The first-order valence-corrected chi connectivity index (χ1v) is 9.56. The molecule has 2 N–H and O–H groups in total. The molecule has 4 aromatic rings. The van der Waals surface area contributed by atoms with Crippen molar-refractivity contribution in [2.45, 2.75) is 26.8 Å². The van der Waals surface area contributed by atoms with Crippen molar-refractivity contribution in [3.05, 3.63) is 72.1 Å². The van der Waals surface area contributed by atoms with Gasteiger partial charge >= 0.3 is 0 Å². The van der Waals surface area contributed by atoms with E-state index < -0.39 is 0 Å². The summed E-state index contributed by atoms with van der Waals surface area (Å²) in [4.78, 5) is 21.1. The number of carbonyl (C=O) groups excluding carboxylic acids is 1. The third-order valence-corrected chi connectivity index (χ3v) is 4.73. The van der Waals surface area contributed by atoms with Crippen LogP contribution in [0.25, 0.3) is 16.9 Å². The molecule has 7 heteroatoms. The van der Waals surface area contributed by atoms with Crippen LogP contribution >= 0.6 is 0 Å². The van der Waals surface area contributed by atoms with Gasteiger partial charge in [-0.1, -0.05) is 24.3 Å². The lowest BCUT2D eigenvalue weighted by atomic mass is 10.1. The average Bonchev–Trinajstić information content (AvgIpc) is 3.30. The molecule has 7 nitrogen and oxygen atoms in total. The second-order valence-electron chi connectivity index (χ2n) is 6.89. The molecule has 1 amide bonds. The lowest BCUT2D eigenvalue weighted by molar-refractivity contribution is -0.121. The Kier molecular flexibility index (Phi) is 5.29. The van der Waals surface area contributed by atoms with E-state index in [-0.39, 0.29) is 5.91 Å². The van der Waals surface area contributed by atoms with Gasteiger partial charge in [0.05, 0.1) is 12.7 Å². The lowest BCUT2D eigenvalue weighted by Crippen LogP contribution is -2.24. The zero-order valence-electron chi connectivity index (χ0n) is 16.5. The first-order valence-electron chi connectivity index (χ1n) is 9.56. The minimum absolute atomic E-state index is 0.0421. The molecule has 0 atom stereocenters. The minimum atomic E-state index is -0.0421. The van der Waals surface area contributed by atoms with E-state index in [2.05, 4.69) is 28.6 Å². The Morgan fingerprint density at radius 2 is 2.03 bits per heavy atom. The number of anilines is 1. The van der Waals surface area contributed by atoms with Crippen molar-refractivity contribution in [3.8, 4) is 11.3 Å². The first-order chi connectivity index (χ1) is 14.1. The smallest absolute Gasteiger partial charge is 0.222 e. The minimum Gasteiger partial charge on any atom is -0.465 e. The molecule has 0 aliphatic carbocycles. The predicted octanol–water partition coefficient (Wildman–Crippen LogP) is 3.72. The van der Waals surface area contributed by atoms with Crippen LogP contribution < -0.4 is 10.6 Å². The van der Waals surface area contributed by atoms with Gasteiger partial charge < -0.3 is 15.1 Å². The maximum atomic E-state index is 12.2. The summed E-state index contributed by atoms with van der Waals surface area (Å²) in [7, 11) is 0. The third kappa shape index (κ3) is 4.13. The number of hydrogen-bond acceptors (Lipinski definition) is 5. The summed E-state index contributed by atoms with van der Waals surface area (Å²) in [6.45, 7) is 4.82. The Morgan fingerprint density at radius 3 is 2.83 bits per heavy atom. The molecule has 3 aromatic heterocycles. The number of aryl methyl sites for hydroxylation is 2. The van der Waals surface area contributed by atoms with Crippen LogP contribution in [0.3, 0.4) is 0 Å². The zero-order chi connectivity index (χ0) is 20.2. The van der Waals surface area contributed by atoms with Crippen molar-refractivity contribution in [1.29, 1.82) is 0 Å².